The van der Waals surface area contributed by atoms with Crippen LogP contribution in [0.2, 0.25) is 0 Å². The number of halogens is 1. The topological polar surface area (TPSA) is 78.4 Å². The van der Waals surface area contributed by atoms with Gasteiger partial charge in [0.1, 0.15) is 11.9 Å². The fourth-order valence-corrected chi connectivity index (χ4v) is 2.66. The van der Waals surface area contributed by atoms with Crippen LogP contribution in [-0.2, 0) is 9.53 Å². The second-order valence-electron chi connectivity index (χ2n) is 6.17. The SMILES string of the molecule is COC(C)=O.O=Cc1ccc(-c2cnc(OC3CCCCC3)cn2)cc1F. The molecule has 2 aromatic rings. The van der Waals surface area contributed by atoms with Gasteiger partial charge in [0, 0.05) is 12.5 Å². The predicted octanol–water partition coefficient (Wildman–Crippen LogP) is 3.99. The molecule has 7 heteroatoms. The Balaban J connectivity index is 0.000000465. The van der Waals surface area contributed by atoms with E-state index >= 15 is 0 Å². The van der Waals surface area contributed by atoms with Gasteiger partial charge in [-0.15, -0.1) is 0 Å². The van der Waals surface area contributed by atoms with Crippen LogP contribution in [0.4, 0.5) is 4.39 Å². The number of methoxy groups -OCH3 is 1. The van der Waals surface area contributed by atoms with E-state index in [1.165, 1.54) is 45.4 Å². The van der Waals surface area contributed by atoms with Crippen molar-refractivity contribution < 1.29 is 23.5 Å². The highest BCUT2D eigenvalue weighted by Crippen LogP contribution is 2.23. The fourth-order valence-electron chi connectivity index (χ4n) is 2.66. The van der Waals surface area contributed by atoms with Crippen molar-refractivity contribution in [3.8, 4) is 17.1 Å². The van der Waals surface area contributed by atoms with Gasteiger partial charge in [-0.05, 0) is 37.8 Å². The van der Waals surface area contributed by atoms with E-state index in [1.54, 1.807) is 18.5 Å². The van der Waals surface area contributed by atoms with Crippen LogP contribution in [0.1, 0.15) is 49.4 Å². The molecule has 0 unspecified atom stereocenters. The lowest BCUT2D eigenvalue weighted by molar-refractivity contribution is -0.137. The molecule has 0 amide bonds. The lowest BCUT2D eigenvalue weighted by Gasteiger charge is -2.22. The maximum absolute atomic E-state index is 13.6. The van der Waals surface area contributed by atoms with Gasteiger partial charge in [-0.2, -0.15) is 0 Å². The van der Waals surface area contributed by atoms with E-state index < -0.39 is 5.82 Å². The maximum Gasteiger partial charge on any atom is 0.302 e. The number of hydrogen-bond donors (Lipinski definition) is 0. The Bertz CT molecular complexity index is 759. The Kier molecular flexibility index (Phi) is 7.85. The molecule has 1 aliphatic carbocycles. The van der Waals surface area contributed by atoms with Crippen molar-refractivity contribution in [3.63, 3.8) is 0 Å². The third kappa shape index (κ3) is 6.44. The molecule has 1 heterocycles. The van der Waals surface area contributed by atoms with Gasteiger partial charge >= 0.3 is 5.97 Å². The Morgan fingerprint density at radius 3 is 2.41 bits per heavy atom. The predicted molar refractivity (Wildman–Crippen MR) is 98.0 cm³/mol. The van der Waals surface area contributed by atoms with Gasteiger partial charge in [-0.1, -0.05) is 12.5 Å². The van der Waals surface area contributed by atoms with Gasteiger partial charge in [0.05, 0.1) is 30.8 Å². The van der Waals surface area contributed by atoms with Gasteiger partial charge in [0.25, 0.3) is 0 Å². The molecule has 1 saturated carbocycles. The molecule has 0 radical (unpaired) electrons. The van der Waals surface area contributed by atoms with Crippen LogP contribution in [0.3, 0.4) is 0 Å². The molecule has 144 valence electrons. The van der Waals surface area contributed by atoms with E-state index in [-0.39, 0.29) is 17.6 Å². The minimum Gasteiger partial charge on any atom is -0.473 e. The molecule has 0 N–H and O–H groups in total. The molecule has 1 aromatic heterocycles. The minimum absolute atomic E-state index is 0.0361. The normalized spacial score (nSPS) is 13.9. The summed E-state index contributed by atoms with van der Waals surface area (Å²) in [6.45, 7) is 1.36. The second kappa shape index (κ2) is 10.4. The summed E-state index contributed by atoms with van der Waals surface area (Å²) in [5.74, 6) is -0.303. The van der Waals surface area contributed by atoms with Gasteiger partial charge in [0.15, 0.2) is 6.29 Å². The zero-order valence-corrected chi connectivity index (χ0v) is 15.5. The van der Waals surface area contributed by atoms with Crippen LogP contribution in [0, 0.1) is 5.82 Å². The number of carbonyl (C=O) groups excluding carboxylic acids is 2. The van der Waals surface area contributed by atoms with E-state index in [0.29, 0.717) is 23.4 Å². The minimum atomic E-state index is -0.558. The fraction of sp³-hybridized carbons (Fsp3) is 0.400. The van der Waals surface area contributed by atoms with Crippen LogP contribution in [-0.4, -0.2) is 35.4 Å². The average Bonchev–Trinajstić information content (AvgIpc) is 2.70. The van der Waals surface area contributed by atoms with Crippen LogP contribution >= 0.6 is 0 Å². The van der Waals surface area contributed by atoms with Gasteiger partial charge in [0.2, 0.25) is 5.88 Å². The second-order valence-corrected chi connectivity index (χ2v) is 6.17. The summed E-state index contributed by atoms with van der Waals surface area (Å²) in [7, 11) is 1.35. The maximum atomic E-state index is 13.6. The van der Waals surface area contributed by atoms with Crippen molar-refractivity contribution in [1.29, 1.82) is 0 Å². The van der Waals surface area contributed by atoms with Crippen molar-refractivity contribution in [1.82, 2.24) is 9.97 Å². The van der Waals surface area contributed by atoms with Gasteiger partial charge in [-0.3, -0.25) is 9.59 Å². The molecule has 0 atom stereocenters. The molecule has 0 saturated heterocycles. The number of aldehydes is 1. The standard InChI is InChI=1S/C17H17FN2O2.C3H6O2/c18-15-8-12(6-7-13(15)11-21)16-9-20-17(10-19-16)22-14-4-2-1-3-5-14;1-3(4)5-2/h6-11,14H,1-5H2;1-2H3. The van der Waals surface area contributed by atoms with Crippen molar-refractivity contribution in [2.45, 2.75) is 45.1 Å². The number of hydrogen-bond acceptors (Lipinski definition) is 6. The molecule has 6 nitrogen and oxygen atoms in total. The zero-order chi connectivity index (χ0) is 19.6. The number of benzene rings is 1. The van der Waals surface area contributed by atoms with Crippen LogP contribution in [0.15, 0.2) is 30.6 Å². The first-order valence-electron chi connectivity index (χ1n) is 8.82. The summed E-state index contributed by atoms with van der Waals surface area (Å²) in [6, 6.07) is 4.37. The average molecular weight is 374 g/mol. The molecular weight excluding hydrogens is 351 g/mol. The lowest BCUT2D eigenvalue weighted by Crippen LogP contribution is -2.20. The van der Waals surface area contributed by atoms with Gasteiger partial charge < -0.3 is 9.47 Å². The molecule has 0 spiro atoms. The number of carbonyl (C=O) groups is 2. The molecule has 1 fully saturated rings. The molecular formula is C20H23FN2O4. The summed E-state index contributed by atoms with van der Waals surface area (Å²) < 4.78 is 23.5. The largest absolute Gasteiger partial charge is 0.473 e. The molecule has 0 aliphatic heterocycles. The number of nitrogens with zero attached hydrogens (tertiary/aromatic N) is 2. The summed E-state index contributed by atoms with van der Waals surface area (Å²) in [4.78, 5) is 28.7. The van der Waals surface area contributed by atoms with Crippen LogP contribution in [0.5, 0.6) is 5.88 Å². The highest BCUT2D eigenvalue weighted by atomic mass is 19.1. The number of ether oxygens (including phenoxy) is 2. The van der Waals surface area contributed by atoms with Crippen molar-refractivity contribution in [2.75, 3.05) is 7.11 Å². The third-order valence-electron chi connectivity index (χ3n) is 4.18. The number of rotatable bonds is 4. The molecule has 3 rings (SSSR count). The van der Waals surface area contributed by atoms with Crippen LogP contribution < -0.4 is 4.74 Å². The first-order chi connectivity index (χ1) is 13.0. The monoisotopic (exact) mass is 374 g/mol. The van der Waals surface area contributed by atoms with Crippen molar-refractivity contribution in [3.05, 3.63) is 42.0 Å². The first kappa shape index (κ1) is 20.5. The number of esters is 1. The molecule has 1 aromatic carbocycles. The van der Waals surface area contributed by atoms with E-state index in [4.69, 9.17) is 4.74 Å². The lowest BCUT2D eigenvalue weighted by atomic mass is 9.98. The quantitative estimate of drug-likeness (QED) is 0.595. The smallest absolute Gasteiger partial charge is 0.302 e. The molecule has 1 aliphatic rings. The van der Waals surface area contributed by atoms with E-state index in [9.17, 15) is 14.0 Å². The van der Waals surface area contributed by atoms with E-state index in [2.05, 4.69) is 14.7 Å². The van der Waals surface area contributed by atoms with Crippen molar-refractivity contribution in [2.24, 2.45) is 0 Å². The first-order valence-corrected chi connectivity index (χ1v) is 8.82. The highest BCUT2D eigenvalue weighted by Gasteiger charge is 2.15. The van der Waals surface area contributed by atoms with Gasteiger partial charge in [-0.25, -0.2) is 14.4 Å². The Morgan fingerprint density at radius 2 is 1.89 bits per heavy atom. The summed E-state index contributed by atoms with van der Waals surface area (Å²) in [5, 5.41) is 0. The highest BCUT2D eigenvalue weighted by molar-refractivity contribution is 5.76. The molecule has 0 bridgehead atoms. The Hall–Kier alpha value is -2.83. The summed E-state index contributed by atoms with van der Waals surface area (Å²) in [6.07, 6.45) is 9.61. The van der Waals surface area contributed by atoms with Crippen LogP contribution in [0.25, 0.3) is 11.3 Å². The van der Waals surface area contributed by atoms with E-state index in [1.807, 2.05) is 0 Å². The third-order valence-corrected chi connectivity index (χ3v) is 4.18. The van der Waals surface area contributed by atoms with Crippen molar-refractivity contribution >= 4 is 12.3 Å². The Morgan fingerprint density at radius 1 is 1.19 bits per heavy atom. The molecule has 27 heavy (non-hydrogen) atoms. The number of aromatic nitrogens is 2. The summed E-state index contributed by atoms with van der Waals surface area (Å²) in [5.41, 5.74) is 1.17. The van der Waals surface area contributed by atoms with E-state index in [0.717, 1.165) is 12.8 Å². The zero-order valence-electron chi connectivity index (χ0n) is 15.5. The summed E-state index contributed by atoms with van der Waals surface area (Å²) >= 11 is 0. The Labute approximate surface area is 157 Å².